The lowest BCUT2D eigenvalue weighted by molar-refractivity contribution is 0.0692. The quantitative estimate of drug-likeness (QED) is 0.737. The molecule has 4 rings (SSSR count). The Morgan fingerprint density at radius 1 is 1.28 bits per heavy atom. The Morgan fingerprint density at radius 3 is 2.79 bits per heavy atom. The molecule has 0 N–H and O–H groups in total. The lowest BCUT2D eigenvalue weighted by Gasteiger charge is -2.31. The van der Waals surface area contributed by atoms with Crippen molar-refractivity contribution < 1.29 is 18.4 Å². The molecule has 7 heteroatoms. The van der Waals surface area contributed by atoms with Crippen LogP contribution in [0.15, 0.2) is 28.8 Å². The summed E-state index contributed by atoms with van der Waals surface area (Å²) in [5.41, 5.74) is 0.745. The van der Waals surface area contributed by atoms with E-state index in [1.165, 1.54) is 25.0 Å². The number of carbonyl (C=O) groups is 1. The largest absolute Gasteiger partial charge is 0.487 e. The number of benzene rings is 1. The van der Waals surface area contributed by atoms with Crippen LogP contribution in [-0.2, 0) is 6.61 Å². The molecule has 0 radical (unpaired) electrons. The van der Waals surface area contributed by atoms with Crippen molar-refractivity contribution in [2.24, 2.45) is 0 Å². The second kappa shape index (κ2) is 8.53. The summed E-state index contributed by atoms with van der Waals surface area (Å²) >= 11 is 0. The minimum Gasteiger partial charge on any atom is -0.487 e. The van der Waals surface area contributed by atoms with Crippen LogP contribution in [0.1, 0.15) is 54.4 Å². The van der Waals surface area contributed by atoms with Crippen LogP contribution in [0.25, 0.3) is 0 Å². The van der Waals surface area contributed by atoms with Crippen molar-refractivity contribution in [3.05, 3.63) is 47.1 Å². The van der Waals surface area contributed by atoms with Gasteiger partial charge in [-0.05, 0) is 58.2 Å². The summed E-state index contributed by atoms with van der Waals surface area (Å²) in [5, 5.41) is 3.85. The van der Waals surface area contributed by atoms with E-state index in [9.17, 15) is 9.18 Å². The van der Waals surface area contributed by atoms with Crippen LogP contribution >= 0.6 is 0 Å². The molecular formula is C22H28FN3O3. The highest BCUT2D eigenvalue weighted by Crippen LogP contribution is 2.26. The Bertz CT molecular complexity index is 869. The number of nitrogens with zero attached hydrogens (tertiary/aromatic N) is 3. The molecule has 1 aromatic carbocycles. The lowest BCUT2D eigenvalue weighted by atomic mass is 10.1. The van der Waals surface area contributed by atoms with Crippen LogP contribution in [0.3, 0.4) is 0 Å². The van der Waals surface area contributed by atoms with Crippen LogP contribution in [-0.4, -0.2) is 52.6 Å². The number of aryl methyl sites for hydroxylation is 1. The highest BCUT2D eigenvalue weighted by molar-refractivity contribution is 5.95. The van der Waals surface area contributed by atoms with Crippen molar-refractivity contribution in [1.82, 2.24) is 15.0 Å². The molecule has 2 atom stereocenters. The molecule has 3 heterocycles. The van der Waals surface area contributed by atoms with E-state index >= 15 is 0 Å². The number of ether oxygens (including phenoxy) is 1. The molecule has 0 aliphatic carbocycles. The Balaban J connectivity index is 1.40. The number of likely N-dealkylation sites (tertiary alicyclic amines) is 2. The third-order valence-electron chi connectivity index (χ3n) is 6.01. The van der Waals surface area contributed by atoms with Gasteiger partial charge in [0.1, 0.15) is 29.6 Å². The number of carbonyl (C=O) groups excluding carboxylic acids is 1. The SMILES string of the molecule is Cc1cc(COc2ccc(C(=O)N3CCCC3CN3CCCC3C)c(F)c2)no1. The molecule has 2 unspecified atom stereocenters. The van der Waals surface area contributed by atoms with Crippen molar-refractivity contribution in [2.45, 2.75) is 58.2 Å². The van der Waals surface area contributed by atoms with Crippen molar-refractivity contribution in [3.63, 3.8) is 0 Å². The second-order valence-electron chi connectivity index (χ2n) is 8.14. The first-order valence-corrected chi connectivity index (χ1v) is 10.4. The molecular weight excluding hydrogens is 373 g/mol. The van der Waals surface area contributed by atoms with E-state index in [-0.39, 0.29) is 24.1 Å². The number of aromatic nitrogens is 1. The molecule has 29 heavy (non-hydrogen) atoms. The first-order chi connectivity index (χ1) is 14.0. The maximum atomic E-state index is 14.7. The molecule has 1 aromatic heterocycles. The van der Waals surface area contributed by atoms with Gasteiger partial charge in [0.15, 0.2) is 0 Å². The Hall–Kier alpha value is -2.41. The fraction of sp³-hybridized carbons (Fsp3) is 0.545. The van der Waals surface area contributed by atoms with Crippen LogP contribution in [0.5, 0.6) is 5.75 Å². The van der Waals surface area contributed by atoms with Crippen molar-refractivity contribution >= 4 is 5.91 Å². The molecule has 0 spiro atoms. The van der Waals surface area contributed by atoms with Gasteiger partial charge < -0.3 is 14.2 Å². The second-order valence-corrected chi connectivity index (χ2v) is 8.14. The van der Waals surface area contributed by atoms with Gasteiger partial charge in [0.2, 0.25) is 0 Å². The average Bonchev–Trinajstić information content (AvgIpc) is 3.43. The number of hydrogen-bond acceptors (Lipinski definition) is 5. The molecule has 2 aromatic rings. The molecule has 2 saturated heterocycles. The van der Waals surface area contributed by atoms with E-state index < -0.39 is 5.82 Å². The number of hydrogen-bond donors (Lipinski definition) is 0. The van der Waals surface area contributed by atoms with E-state index in [0.717, 1.165) is 25.9 Å². The summed E-state index contributed by atoms with van der Waals surface area (Å²) in [6, 6.07) is 6.92. The number of halogens is 1. The maximum absolute atomic E-state index is 14.7. The molecule has 1 amide bonds. The molecule has 2 aliphatic heterocycles. The van der Waals surface area contributed by atoms with E-state index in [0.29, 0.717) is 29.8 Å². The number of amides is 1. The number of rotatable bonds is 6. The summed E-state index contributed by atoms with van der Waals surface area (Å²) in [6.07, 6.45) is 4.38. The van der Waals surface area contributed by atoms with Gasteiger partial charge >= 0.3 is 0 Å². The van der Waals surface area contributed by atoms with Crippen molar-refractivity contribution in [1.29, 1.82) is 0 Å². The van der Waals surface area contributed by atoms with Crippen molar-refractivity contribution in [3.8, 4) is 5.75 Å². The molecule has 0 saturated carbocycles. The van der Waals surface area contributed by atoms with E-state index in [1.807, 2.05) is 4.90 Å². The zero-order valence-corrected chi connectivity index (χ0v) is 17.1. The van der Waals surface area contributed by atoms with Gasteiger partial charge in [-0.3, -0.25) is 9.69 Å². The fourth-order valence-electron chi connectivity index (χ4n) is 4.38. The predicted octanol–water partition coefficient (Wildman–Crippen LogP) is 3.79. The van der Waals surface area contributed by atoms with Crippen molar-refractivity contribution in [2.75, 3.05) is 19.6 Å². The minimum absolute atomic E-state index is 0.107. The van der Waals surface area contributed by atoms with E-state index in [4.69, 9.17) is 9.26 Å². The van der Waals surface area contributed by atoms with Crippen LogP contribution in [0, 0.1) is 12.7 Å². The minimum atomic E-state index is -0.552. The van der Waals surface area contributed by atoms with Gasteiger partial charge in [-0.25, -0.2) is 4.39 Å². The first kappa shape index (κ1) is 19.9. The highest BCUT2D eigenvalue weighted by atomic mass is 19.1. The molecule has 6 nitrogen and oxygen atoms in total. The summed E-state index contributed by atoms with van der Waals surface area (Å²) in [6.45, 7) is 6.89. The first-order valence-electron chi connectivity index (χ1n) is 10.4. The Kier molecular flexibility index (Phi) is 5.85. The van der Waals surface area contributed by atoms with E-state index in [1.54, 1.807) is 19.1 Å². The van der Waals surface area contributed by atoms with Gasteiger partial charge in [-0.1, -0.05) is 5.16 Å². The fourth-order valence-corrected chi connectivity index (χ4v) is 4.38. The van der Waals surface area contributed by atoms with Gasteiger partial charge in [-0.15, -0.1) is 0 Å². The third-order valence-corrected chi connectivity index (χ3v) is 6.01. The maximum Gasteiger partial charge on any atom is 0.257 e. The summed E-state index contributed by atoms with van der Waals surface area (Å²) in [5.74, 6) is 0.280. The van der Waals surface area contributed by atoms with Crippen LogP contribution in [0.2, 0.25) is 0 Å². The van der Waals surface area contributed by atoms with Gasteiger partial charge in [0, 0.05) is 37.3 Å². The monoisotopic (exact) mass is 401 g/mol. The Labute approximate surface area is 170 Å². The average molecular weight is 401 g/mol. The Morgan fingerprint density at radius 2 is 2.10 bits per heavy atom. The zero-order chi connectivity index (χ0) is 20.4. The summed E-state index contributed by atoms with van der Waals surface area (Å²) in [4.78, 5) is 17.3. The normalized spacial score (nSPS) is 22.4. The van der Waals surface area contributed by atoms with Gasteiger partial charge in [-0.2, -0.15) is 0 Å². The third kappa shape index (κ3) is 4.45. The topological polar surface area (TPSA) is 58.8 Å². The van der Waals surface area contributed by atoms with Gasteiger partial charge in [0.25, 0.3) is 5.91 Å². The summed E-state index contributed by atoms with van der Waals surface area (Å²) in [7, 11) is 0. The van der Waals surface area contributed by atoms with Crippen LogP contribution in [0.4, 0.5) is 4.39 Å². The van der Waals surface area contributed by atoms with Crippen LogP contribution < -0.4 is 4.74 Å². The summed E-state index contributed by atoms with van der Waals surface area (Å²) < 4.78 is 25.3. The lowest BCUT2D eigenvalue weighted by Crippen LogP contribution is -2.44. The molecule has 2 fully saturated rings. The smallest absolute Gasteiger partial charge is 0.257 e. The van der Waals surface area contributed by atoms with Gasteiger partial charge in [0.05, 0.1) is 5.56 Å². The molecule has 156 valence electrons. The standard InChI is InChI=1S/C22H28FN3O3/c1-15-5-3-9-25(15)13-18-6-4-10-26(18)22(27)20-8-7-19(12-21(20)23)28-14-17-11-16(2)29-24-17/h7-8,11-12,15,18H,3-6,9-10,13-14H2,1-2H3. The molecule has 2 aliphatic rings. The van der Waals surface area contributed by atoms with E-state index in [2.05, 4.69) is 17.0 Å². The highest BCUT2D eigenvalue weighted by Gasteiger charge is 2.33. The zero-order valence-electron chi connectivity index (χ0n) is 17.1. The predicted molar refractivity (Wildman–Crippen MR) is 106 cm³/mol. The molecule has 0 bridgehead atoms.